The zero-order chi connectivity index (χ0) is 14.2. The van der Waals surface area contributed by atoms with Gasteiger partial charge in [-0.25, -0.2) is 0 Å². The van der Waals surface area contributed by atoms with Crippen LogP contribution in [0.4, 0.5) is 13.2 Å². The van der Waals surface area contributed by atoms with Gasteiger partial charge in [0.25, 0.3) is 5.56 Å². The van der Waals surface area contributed by atoms with Crippen LogP contribution in [0.3, 0.4) is 0 Å². The number of hydrogen-bond donors (Lipinski definition) is 1. The summed E-state index contributed by atoms with van der Waals surface area (Å²) in [5, 5.41) is 0.280. The van der Waals surface area contributed by atoms with Gasteiger partial charge < -0.3 is 4.98 Å². The molecule has 0 aliphatic rings. The fourth-order valence-electron chi connectivity index (χ4n) is 1.65. The Kier molecular flexibility index (Phi) is 3.60. The molecule has 2 nitrogen and oxygen atoms in total. The number of halogens is 5. The molecule has 0 aliphatic heterocycles. The lowest BCUT2D eigenvalue weighted by atomic mass is 10.0. The Balaban J connectivity index is 2.74. The van der Waals surface area contributed by atoms with Gasteiger partial charge in [-0.3, -0.25) is 4.79 Å². The molecular formula is C12H6Cl2F3NO. The van der Waals surface area contributed by atoms with Gasteiger partial charge >= 0.3 is 6.18 Å². The van der Waals surface area contributed by atoms with Crippen LogP contribution >= 0.6 is 23.2 Å². The van der Waals surface area contributed by atoms with Crippen LogP contribution in [0, 0.1) is 0 Å². The van der Waals surface area contributed by atoms with Crippen LogP contribution in [0.1, 0.15) is 5.56 Å². The second kappa shape index (κ2) is 4.90. The van der Waals surface area contributed by atoms with E-state index in [4.69, 9.17) is 23.2 Å². The van der Waals surface area contributed by atoms with Crippen LogP contribution in [0.5, 0.6) is 0 Å². The standard InChI is InChI=1S/C12H6Cl2F3NO/c13-8-2-1-6(5-9(8)14)10-7(12(15,16)17)3-4-18-11(10)19/h1-5H,(H,18,19). The Hall–Kier alpha value is -1.46. The molecular weight excluding hydrogens is 302 g/mol. The molecule has 2 aromatic rings. The summed E-state index contributed by atoms with van der Waals surface area (Å²) in [5.41, 5.74) is -2.28. The third-order valence-electron chi connectivity index (χ3n) is 2.47. The van der Waals surface area contributed by atoms with Gasteiger partial charge in [0.15, 0.2) is 0 Å². The van der Waals surface area contributed by atoms with E-state index in [0.29, 0.717) is 0 Å². The molecule has 1 heterocycles. The van der Waals surface area contributed by atoms with Crippen molar-refractivity contribution in [2.45, 2.75) is 6.18 Å². The van der Waals surface area contributed by atoms with Crippen molar-refractivity contribution in [1.82, 2.24) is 4.98 Å². The van der Waals surface area contributed by atoms with Gasteiger partial charge in [-0.2, -0.15) is 13.2 Å². The third kappa shape index (κ3) is 2.77. The molecule has 0 saturated heterocycles. The number of hydrogen-bond acceptors (Lipinski definition) is 1. The average molecular weight is 308 g/mol. The van der Waals surface area contributed by atoms with E-state index in [0.717, 1.165) is 12.3 Å². The summed E-state index contributed by atoms with van der Waals surface area (Å²) >= 11 is 11.5. The number of rotatable bonds is 1. The van der Waals surface area contributed by atoms with E-state index in [9.17, 15) is 18.0 Å². The topological polar surface area (TPSA) is 32.9 Å². The number of H-pyrrole nitrogens is 1. The largest absolute Gasteiger partial charge is 0.417 e. The van der Waals surface area contributed by atoms with E-state index in [1.165, 1.54) is 18.2 Å². The zero-order valence-corrected chi connectivity index (χ0v) is 10.7. The minimum absolute atomic E-state index is 0.0589. The van der Waals surface area contributed by atoms with Crippen LogP contribution in [-0.2, 0) is 6.18 Å². The summed E-state index contributed by atoms with van der Waals surface area (Å²) in [6.45, 7) is 0. The number of benzene rings is 1. The molecule has 7 heteroatoms. The zero-order valence-electron chi connectivity index (χ0n) is 9.18. The third-order valence-corrected chi connectivity index (χ3v) is 3.21. The second-order valence-corrected chi connectivity index (χ2v) is 4.54. The highest BCUT2D eigenvalue weighted by atomic mass is 35.5. The summed E-state index contributed by atoms with van der Waals surface area (Å²) in [4.78, 5) is 13.9. The van der Waals surface area contributed by atoms with E-state index < -0.39 is 22.9 Å². The summed E-state index contributed by atoms with van der Waals surface area (Å²) in [6.07, 6.45) is -3.68. The van der Waals surface area contributed by atoms with Crippen LogP contribution in [-0.4, -0.2) is 4.98 Å². The van der Waals surface area contributed by atoms with Crippen LogP contribution in [0.25, 0.3) is 11.1 Å². The predicted molar refractivity (Wildman–Crippen MR) is 67.5 cm³/mol. The maximum Gasteiger partial charge on any atom is 0.417 e. The molecule has 0 saturated carbocycles. The van der Waals surface area contributed by atoms with Crippen LogP contribution in [0.2, 0.25) is 10.0 Å². The maximum atomic E-state index is 12.9. The Morgan fingerprint density at radius 1 is 1.05 bits per heavy atom. The maximum absolute atomic E-state index is 12.9. The van der Waals surface area contributed by atoms with Gasteiger partial charge in [-0.05, 0) is 23.8 Å². The van der Waals surface area contributed by atoms with Gasteiger partial charge in [0.05, 0.1) is 21.2 Å². The number of nitrogens with one attached hydrogen (secondary N) is 1. The van der Waals surface area contributed by atoms with E-state index in [2.05, 4.69) is 4.98 Å². The number of pyridine rings is 1. The monoisotopic (exact) mass is 307 g/mol. The molecule has 1 aromatic heterocycles. The fourth-order valence-corrected chi connectivity index (χ4v) is 1.95. The van der Waals surface area contributed by atoms with Gasteiger partial charge in [0.2, 0.25) is 0 Å². The molecule has 0 radical (unpaired) electrons. The molecule has 0 spiro atoms. The molecule has 0 amide bonds. The predicted octanol–water partition coefficient (Wildman–Crippen LogP) is 4.37. The van der Waals surface area contributed by atoms with Crippen molar-refractivity contribution in [2.75, 3.05) is 0 Å². The van der Waals surface area contributed by atoms with Crippen molar-refractivity contribution < 1.29 is 13.2 Å². The highest BCUT2D eigenvalue weighted by Gasteiger charge is 2.34. The normalized spacial score (nSPS) is 11.6. The van der Waals surface area contributed by atoms with Crippen molar-refractivity contribution in [1.29, 1.82) is 0 Å². The van der Waals surface area contributed by atoms with Crippen LogP contribution < -0.4 is 5.56 Å². The lowest BCUT2D eigenvalue weighted by molar-refractivity contribution is -0.137. The van der Waals surface area contributed by atoms with E-state index in [1.54, 1.807) is 0 Å². The first-order chi connectivity index (χ1) is 8.80. The summed E-state index contributed by atoms with van der Waals surface area (Å²) < 4.78 is 38.6. The van der Waals surface area contributed by atoms with Crippen molar-refractivity contribution >= 4 is 23.2 Å². The number of aromatic nitrogens is 1. The van der Waals surface area contributed by atoms with Gasteiger partial charge in [0.1, 0.15) is 0 Å². The first-order valence-corrected chi connectivity index (χ1v) is 5.80. The van der Waals surface area contributed by atoms with Crippen LogP contribution in [0.15, 0.2) is 35.3 Å². The molecule has 0 fully saturated rings. The first-order valence-electron chi connectivity index (χ1n) is 5.05. The molecule has 0 aliphatic carbocycles. The lowest BCUT2D eigenvalue weighted by Crippen LogP contribution is -2.17. The highest BCUT2D eigenvalue weighted by molar-refractivity contribution is 6.42. The lowest BCUT2D eigenvalue weighted by Gasteiger charge is -2.12. The second-order valence-electron chi connectivity index (χ2n) is 3.72. The number of alkyl halides is 3. The SMILES string of the molecule is O=c1[nH]ccc(C(F)(F)F)c1-c1ccc(Cl)c(Cl)c1. The summed E-state index contributed by atoms with van der Waals surface area (Å²) in [6, 6.07) is 4.68. The Labute approximate surface area is 115 Å². The Morgan fingerprint density at radius 2 is 1.74 bits per heavy atom. The van der Waals surface area contributed by atoms with Gasteiger partial charge in [-0.1, -0.05) is 29.3 Å². The molecule has 100 valence electrons. The molecule has 0 unspecified atom stereocenters. The van der Waals surface area contributed by atoms with Gasteiger partial charge in [-0.15, -0.1) is 0 Å². The number of aromatic amines is 1. The molecule has 1 aromatic carbocycles. The summed E-state index contributed by atoms with van der Waals surface area (Å²) in [7, 11) is 0. The molecule has 2 rings (SSSR count). The first kappa shape index (κ1) is 14.0. The fraction of sp³-hybridized carbons (Fsp3) is 0.0833. The quantitative estimate of drug-likeness (QED) is 0.834. The van der Waals surface area contributed by atoms with E-state index in [-0.39, 0.29) is 15.6 Å². The highest BCUT2D eigenvalue weighted by Crippen LogP contribution is 2.36. The van der Waals surface area contributed by atoms with Crippen molar-refractivity contribution in [3.8, 4) is 11.1 Å². The molecule has 19 heavy (non-hydrogen) atoms. The summed E-state index contributed by atoms with van der Waals surface area (Å²) in [5.74, 6) is 0. The Bertz CT molecular complexity index is 679. The van der Waals surface area contributed by atoms with Gasteiger partial charge in [0, 0.05) is 6.20 Å². The minimum atomic E-state index is -4.63. The van der Waals surface area contributed by atoms with Crippen molar-refractivity contribution in [2.24, 2.45) is 0 Å². The molecule has 1 N–H and O–H groups in total. The smallest absolute Gasteiger partial charge is 0.329 e. The van der Waals surface area contributed by atoms with Crippen molar-refractivity contribution in [3.63, 3.8) is 0 Å². The minimum Gasteiger partial charge on any atom is -0.329 e. The molecule has 0 atom stereocenters. The van der Waals surface area contributed by atoms with E-state index >= 15 is 0 Å². The molecule has 0 bridgehead atoms. The average Bonchev–Trinajstić information content (AvgIpc) is 2.31. The van der Waals surface area contributed by atoms with Crippen molar-refractivity contribution in [3.05, 3.63) is 56.4 Å². The Morgan fingerprint density at radius 3 is 2.32 bits per heavy atom. The van der Waals surface area contributed by atoms with E-state index in [1.807, 2.05) is 0 Å².